The molecule has 1 atom stereocenters. The van der Waals surface area contributed by atoms with Crippen molar-refractivity contribution >= 4 is 69.5 Å². The van der Waals surface area contributed by atoms with Crippen LogP contribution in [0, 0.1) is 3.57 Å². The highest BCUT2D eigenvalue weighted by atomic mass is 127. The summed E-state index contributed by atoms with van der Waals surface area (Å²) in [5, 5.41) is 8.25. The highest BCUT2D eigenvalue weighted by Gasteiger charge is 2.20. The van der Waals surface area contributed by atoms with Crippen LogP contribution in [0.4, 0.5) is 11.4 Å². The third kappa shape index (κ3) is 8.87. The van der Waals surface area contributed by atoms with Gasteiger partial charge in [-0.1, -0.05) is 43.3 Å². The fourth-order valence-electron chi connectivity index (χ4n) is 4.21. The SMILES string of the molecule is CCC(Sc1cccc(NC(=O)/C(=C\c2cccc(OC)c2OC)NC(=O)c2ccccc2)c1)C(=O)Nc1ccc(I)cc1. The van der Waals surface area contributed by atoms with Gasteiger partial charge in [0, 0.05) is 31.0 Å². The molecule has 4 aromatic carbocycles. The van der Waals surface area contributed by atoms with E-state index < -0.39 is 11.8 Å². The Bertz CT molecular complexity index is 1640. The maximum atomic E-state index is 13.6. The Morgan fingerprint density at radius 1 is 0.841 bits per heavy atom. The molecule has 0 saturated heterocycles. The Morgan fingerprint density at radius 3 is 2.25 bits per heavy atom. The maximum absolute atomic E-state index is 13.6. The van der Waals surface area contributed by atoms with Gasteiger partial charge in [-0.15, -0.1) is 11.8 Å². The van der Waals surface area contributed by atoms with Crippen LogP contribution in [-0.4, -0.2) is 37.2 Å². The number of hydrogen-bond acceptors (Lipinski definition) is 6. The summed E-state index contributed by atoms with van der Waals surface area (Å²) in [6.45, 7) is 1.95. The molecule has 1 unspecified atom stereocenters. The van der Waals surface area contributed by atoms with E-state index in [9.17, 15) is 14.4 Å². The van der Waals surface area contributed by atoms with Gasteiger partial charge in [0.1, 0.15) is 5.70 Å². The lowest BCUT2D eigenvalue weighted by Crippen LogP contribution is -2.30. The molecule has 0 spiro atoms. The van der Waals surface area contributed by atoms with Crippen LogP contribution in [0.25, 0.3) is 6.08 Å². The smallest absolute Gasteiger partial charge is 0.272 e. The van der Waals surface area contributed by atoms with Gasteiger partial charge in [0.25, 0.3) is 11.8 Å². The van der Waals surface area contributed by atoms with Crippen LogP contribution in [-0.2, 0) is 9.59 Å². The van der Waals surface area contributed by atoms with E-state index in [0.29, 0.717) is 34.7 Å². The topological polar surface area (TPSA) is 106 Å². The molecule has 0 aliphatic rings. The van der Waals surface area contributed by atoms with Gasteiger partial charge in [-0.2, -0.15) is 0 Å². The van der Waals surface area contributed by atoms with Gasteiger partial charge in [-0.05, 0) is 95.8 Å². The van der Waals surface area contributed by atoms with E-state index in [4.69, 9.17) is 9.47 Å². The van der Waals surface area contributed by atoms with Gasteiger partial charge < -0.3 is 25.4 Å². The van der Waals surface area contributed by atoms with Crippen LogP contribution in [0.3, 0.4) is 0 Å². The first-order chi connectivity index (χ1) is 21.3. The molecule has 3 N–H and O–H groups in total. The second kappa shape index (κ2) is 16.0. The van der Waals surface area contributed by atoms with E-state index in [2.05, 4.69) is 38.5 Å². The van der Waals surface area contributed by atoms with Crippen LogP contribution in [0.1, 0.15) is 29.3 Å². The number of hydrogen-bond donors (Lipinski definition) is 3. The molecule has 0 aliphatic carbocycles. The molecule has 0 heterocycles. The van der Waals surface area contributed by atoms with Gasteiger partial charge in [0.15, 0.2) is 11.5 Å². The zero-order valence-corrected chi connectivity index (χ0v) is 27.4. The monoisotopic (exact) mass is 721 g/mol. The highest BCUT2D eigenvalue weighted by molar-refractivity contribution is 14.1. The number of amides is 3. The average molecular weight is 722 g/mol. The Morgan fingerprint density at radius 2 is 1.57 bits per heavy atom. The molecule has 0 fully saturated rings. The fraction of sp³-hybridized carbons (Fsp3) is 0.147. The summed E-state index contributed by atoms with van der Waals surface area (Å²) in [6, 6.07) is 28.7. The number of anilines is 2. The number of nitrogens with one attached hydrogen (secondary N) is 3. The lowest BCUT2D eigenvalue weighted by molar-refractivity contribution is -0.116. The van der Waals surface area contributed by atoms with Crippen molar-refractivity contribution in [1.29, 1.82) is 0 Å². The molecule has 0 aliphatic heterocycles. The lowest BCUT2D eigenvalue weighted by Gasteiger charge is -2.16. The molecular formula is C34H32IN3O5S. The van der Waals surface area contributed by atoms with Crippen LogP contribution >= 0.6 is 34.4 Å². The summed E-state index contributed by atoms with van der Waals surface area (Å²) in [5.74, 6) is -0.180. The summed E-state index contributed by atoms with van der Waals surface area (Å²) in [7, 11) is 3.03. The van der Waals surface area contributed by atoms with Crippen molar-refractivity contribution in [1.82, 2.24) is 5.32 Å². The van der Waals surface area contributed by atoms with E-state index in [0.717, 1.165) is 14.2 Å². The summed E-state index contributed by atoms with van der Waals surface area (Å²) < 4.78 is 12.0. The predicted octanol–water partition coefficient (Wildman–Crippen LogP) is 7.23. The number of carbonyl (C=O) groups is 3. The minimum atomic E-state index is -0.537. The Hall–Kier alpha value is -4.29. The summed E-state index contributed by atoms with van der Waals surface area (Å²) >= 11 is 3.63. The van der Waals surface area contributed by atoms with E-state index in [1.54, 1.807) is 66.7 Å². The van der Waals surface area contributed by atoms with Crippen molar-refractivity contribution in [3.05, 3.63) is 117 Å². The molecule has 8 nitrogen and oxygen atoms in total. The zero-order chi connectivity index (χ0) is 31.5. The number of thioether (sulfide) groups is 1. The van der Waals surface area contributed by atoms with Crippen LogP contribution in [0.2, 0.25) is 0 Å². The quantitative estimate of drug-likeness (QED) is 0.0811. The molecule has 226 valence electrons. The van der Waals surface area contributed by atoms with Gasteiger partial charge in [-0.25, -0.2) is 0 Å². The molecule has 4 rings (SSSR count). The minimum absolute atomic E-state index is 0.00629. The number of ether oxygens (including phenoxy) is 2. The number of carbonyl (C=O) groups excluding carboxylic acids is 3. The number of methoxy groups -OCH3 is 2. The Kier molecular flexibility index (Phi) is 11.8. The molecule has 0 bridgehead atoms. The van der Waals surface area contributed by atoms with Crippen molar-refractivity contribution in [2.75, 3.05) is 24.9 Å². The van der Waals surface area contributed by atoms with Gasteiger partial charge >= 0.3 is 0 Å². The zero-order valence-electron chi connectivity index (χ0n) is 24.4. The maximum Gasteiger partial charge on any atom is 0.272 e. The van der Waals surface area contributed by atoms with Crippen LogP contribution < -0.4 is 25.4 Å². The molecule has 44 heavy (non-hydrogen) atoms. The first-order valence-electron chi connectivity index (χ1n) is 13.7. The number of para-hydroxylation sites is 1. The molecule has 10 heteroatoms. The highest BCUT2D eigenvalue weighted by Crippen LogP contribution is 2.32. The van der Waals surface area contributed by atoms with Crippen LogP contribution in [0.5, 0.6) is 11.5 Å². The molecule has 0 saturated carbocycles. The fourth-order valence-corrected chi connectivity index (χ4v) is 5.58. The van der Waals surface area contributed by atoms with Gasteiger partial charge in [-0.3, -0.25) is 14.4 Å². The molecule has 4 aromatic rings. The second-order valence-electron chi connectivity index (χ2n) is 9.45. The predicted molar refractivity (Wildman–Crippen MR) is 184 cm³/mol. The average Bonchev–Trinajstić information content (AvgIpc) is 3.04. The van der Waals surface area contributed by atoms with Gasteiger partial charge in [0.2, 0.25) is 5.91 Å². The number of halogens is 1. The lowest BCUT2D eigenvalue weighted by atomic mass is 10.1. The van der Waals surface area contributed by atoms with E-state index >= 15 is 0 Å². The standard InChI is InChI=1S/C34H32IN3O5S/c1-4-30(34(41)36-25-18-16-24(35)17-19-25)44-27-14-9-13-26(21-27)37-33(40)28(38-32(39)22-10-6-5-7-11-22)20-23-12-8-15-29(42-2)31(23)43-3/h5-21,30H,4H2,1-3H3,(H,36,41)(H,37,40)(H,38,39)/b28-20+. The van der Waals surface area contributed by atoms with E-state index in [-0.39, 0.29) is 16.9 Å². The Labute approximate surface area is 274 Å². The largest absolute Gasteiger partial charge is 0.493 e. The second-order valence-corrected chi connectivity index (χ2v) is 12.0. The third-order valence-electron chi connectivity index (χ3n) is 6.41. The first kappa shape index (κ1) is 32.6. The number of rotatable bonds is 12. The van der Waals surface area contributed by atoms with Crippen molar-refractivity contribution in [3.8, 4) is 11.5 Å². The third-order valence-corrected chi connectivity index (χ3v) is 8.48. The first-order valence-corrected chi connectivity index (χ1v) is 15.7. The van der Waals surface area contributed by atoms with Crippen LogP contribution in [0.15, 0.2) is 108 Å². The van der Waals surface area contributed by atoms with Crippen molar-refractivity contribution < 1.29 is 23.9 Å². The van der Waals surface area contributed by atoms with Crippen molar-refractivity contribution in [3.63, 3.8) is 0 Å². The van der Waals surface area contributed by atoms with Crippen molar-refractivity contribution in [2.45, 2.75) is 23.5 Å². The van der Waals surface area contributed by atoms with E-state index in [1.165, 1.54) is 32.1 Å². The molecular weight excluding hydrogens is 689 g/mol. The summed E-state index contributed by atoms with van der Waals surface area (Å²) in [5.41, 5.74) is 2.19. The van der Waals surface area contributed by atoms with E-state index in [1.807, 2.05) is 37.3 Å². The van der Waals surface area contributed by atoms with Gasteiger partial charge in [0.05, 0.1) is 19.5 Å². The molecule has 0 aromatic heterocycles. The minimum Gasteiger partial charge on any atom is -0.493 e. The Balaban J connectivity index is 1.55. The van der Waals surface area contributed by atoms with Crippen molar-refractivity contribution in [2.24, 2.45) is 0 Å². The normalized spacial score (nSPS) is 11.7. The summed E-state index contributed by atoms with van der Waals surface area (Å²) in [4.78, 5) is 40.5. The molecule has 3 amide bonds. The summed E-state index contributed by atoms with van der Waals surface area (Å²) in [6.07, 6.45) is 2.15. The number of benzene rings is 4. The molecule has 0 radical (unpaired) electrons.